The number of methoxy groups -OCH3 is 2. The smallest absolute Gasteiger partial charge is 0.322 e. The summed E-state index contributed by atoms with van der Waals surface area (Å²) in [4.78, 5) is 22.2. The van der Waals surface area contributed by atoms with E-state index in [-0.39, 0.29) is 6.42 Å². The predicted octanol–water partition coefficient (Wildman–Crippen LogP) is 0.00710. The van der Waals surface area contributed by atoms with Crippen LogP contribution >= 0.6 is 0 Å². The van der Waals surface area contributed by atoms with Gasteiger partial charge in [0.25, 0.3) is 0 Å². The van der Waals surface area contributed by atoms with Crippen LogP contribution in [0, 0.1) is 5.92 Å². The highest BCUT2D eigenvalue weighted by molar-refractivity contribution is 5.78. The topological polar surface area (TPSA) is 78.6 Å². The van der Waals surface area contributed by atoms with E-state index < -0.39 is 23.9 Å². The van der Waals surface area contributed by atoms with Crippen molar-refractivity contribution < 1.29 is 19.1 Å². The van der Waals surface area contributed by atoms with Crippen molar-refractivity contribution in [3.8, 4) is 0 Å². The molecule has 2 atom stereocenters. The summed E-state index contributed by atoms with van der Waals surface area (Å²) in [5.74, 6) is -1.67. The third-order valence-electron chi connectivity index (χ3n) is 1.83. The predicted molar refractivity (Wildman–Crippen MR) is 53.8 cm³/mol. The summed E-state index contributed by atoms with van der Waals surface area (Å²) in [7, 11) is 2.49. The zero-order valence-electron chi connectivity index (χ0n) is 8.86. The molecule has 0 aliphatic heterocycles. The Morgan fingerprint density at radius 3 is 2.33 bits per heavy atom. The van der Waals surface area contributed by atoms with Crippen LogP contribution in [0.4, 0.5) is 0 Å². The first kappa shape index (κ1) is 13.4. The number of carbonyl (C=O) groups is 2. The Kier molecular flexibility index (Phi) is 6.09. The number of hydrogen-bond donors (Lipinski definition) is 1. The first-order valence-electron chi connectivity index (χ1n) is 4.34. The number of esters is 2. The second kappa shape index (κ2) is 6.81. The minimum atomic E-state index is -0.858. The zero-order valence-corrected chi connectivity index (χ0v) is 8.86. The maximum atomic E-state index is 11.2. The van der Waals surface area contributed by atoms with Crippen molar-refractivity contribution in [1.29, 1.82) is 0 Å². The Morgan fingerprint density at radius 1 is 1.40 bits per heavy atom. The lowest BCUT2D eigenvalue weighted by atomic mass is 10.0. The lowest BCUT2D eigenvalue weighted by Gasteiger charge is -2.13. The first-order chi connectivity index (χ1) is 7.06. The molecular formula is C10H15NO4. The summed E-state index contributed by atoms with van der Waals surface area (Å²) >= 11 is 0. The third kappa shape index (κ3) is 4.44. The first-order valence-corrected chi connectivity index (χ1v) is 4.34. The molecular weight excluding hydrogens is 198 g/mol. The van der Waals surface area contributed by atoms with Crippen molar-refractivity contribution in [3.05, 3.63) is 18.4 Å². The Balaban J connectivity index is 4.47. The fraction of sp³-hybridized carbons (Fsp3) is 0.500. The second-order valence-electron chi connectivity index (χ2n) is 2.87. The van der Waals surface area contributed by atoms with E-state index in [2.05, 4.69) is 21.8 Å². The van der Waals surface area contributed by atoms with Crippen molar-refractivity contribution >= 4 is 11.9 Å². The molecule has 5 heteroatoms. The number of hydrogen-bond acceptors (Lipinski definition) is 5. The summed E-state index contributed by atoms with van der Waals surface area (Å²) in [6.45, 7) is 3.34. The van der Waals surface area contributed by atoms with Gasteiger partial charge in [0.15, 0.2) is 0 Å². The van der Waals surface area contributed by atoms with Gasteiger partial charge in [-0.3, -0.25) is 9.59 Å². The molecule has 0 amide bonds. The number of rotatable bonds is 5. The number of nitrogens with two attached hydrogens (primary N) is 1. The third-order valence-corrected chi connectivity index (χ3v) is 1.83. The lowest BCUT2D eigenvalue weighted by Crippen LogP contribution is -2.35. The Bertz CT molecular complexity index is 281. The highest BCUT2D eigenvalue weighted by atomic mass is 16.5. The molecule has 0 aliphatic carbocycles. The molecule has 2 unspecified atom stereocenters. The van der Waals surface area contributed by atoms with Crippen LogP contribution < -0.4 is 5.73 Å². The summed E-state index contributed by atoms with van der Waals surface area (Å²) in [6, 6.07) is -0.858. The minimum absolute atomic E-state index is 0.113. The molecule has 0 fully saturated rings. The van der Waals surface area contributed by atoms with Crippen LogP contribution in [0.25, 0.3) is 0 Å². The van der Waals surface area contributed by atoms with Crippen LogP contribution in [0.5, 0.6) is 0 Å². The summed E-state index contributed by atoms with van der Waals surface area (Å²) in [6.07, 6.45) is 1.52. The molecule has 0 aromatic heterocycles. The van der Waals surface area contributed by atoms with Gasteiger partial charge in [-0.05, 0) is 12.5 Å². The average molecular weight is 213 g/mol. The summed E-state index contributed by atoms with van der Waals surface area (Å²) < 4.78 is 8.97. The van der Waals surface area contributed by atoms with E-state index in [1.807, 2.05) is 0 Å². The maximum Gasteiger partial charge on any atom is 0.322 e. The van der Waals surface area contributed by atoms with Gasteiger partial charge in [0.05, 0.1) is 20.1 Å². The highest BCUT2D eigenvalue weighted by Gasteiger charge is 2.23. The largest absolute Gasteiger partial charge is 0.469 e. The van der Waals surface area contributed by atoms with Crippen molar-refractivity contribution in [3.63, 3.8) is 0 Å². The highest BCUT2D eigenvalue weighted by Crippen LogP contribution is 2.10. The van der Waals surface area contributed by atoms with E-state index in [0.717, 1.165) is 0 Å². The Morgan fingerprint density at radius 2 is 1.93 bits per heavy atom. The normalized spacial score (nSPS) is 13.3. The average Bonchev–Trinajstić information content (AvgIpc) is 2.26. The van der Waals surface area contributed by atoms with Crippen molar-refractivity contribution in [2.24, 2.45) is 11.7 Å². The maximum absolute atomic E-state index is 11.2. The molecule has 0 aliphatic rings. The van der Waals surface area contributed by atoms with Crippen LogP contribution in [0.3, 0.4) is 0 Å². The molecule has 0 aromatic rings. The van der Waals surface area contributed by atoms with Gasteiger partial charge in [-0.2, -0.15) is 0 Å². The monoisotopic (exact) mass is 213 g/mol. The zero-order chi connectivity index (χ0) is 11.8. The Hall–Kier alpha value is -1.58. The van der Waals surface area contributed by atoms with E-state index in [4.69, 9.17) is 5.73 Å². The fourth-order valence-corrected chi connectivity index (χ4v) is 1.05. The van der Waals surface area contributed by atoms with Gasteiger partial charge in [-0.15, -0.1) is 5.73 Å². The summed E-state index contributed by atoms with van der Waals surface area (Å²) in [5, 5.41) is 0. The van der Waals surface area contributed by atoms with Crippen LogP contribution in [0.1, 0.15) is 6.42 Å². The minimum Gasteiger partial charge on any atom is -0.469 e. The molecule has 0 rings (SSSR count). The SMILES string of the molecule is C=C=CC(CC(N)C(=O)OC)C(=O)OC. The number of carbonyl (C=O) groups excluding carboxylic acids is 2. The van der Waals surface area contributed by atoms with Gasteiger partial charge in [0, 0.05) is 0 Å². The van der Waals surface area contributed by atoms with Gasteiger partial charge < -0.3 is 15.2 Å². The van der Waals surface area contributed by atoms with E-state index in [9.17, 15) is 9.59 Å². The molecule has 0 aromatic carbocycles. The van der Waals surface area contributed by atoms with Crippen LogP contribution in [-0.4, -0.2) is 32.2 Å². The molecule has 0 spiro atoms. The van der Waals surface area contributed by atoms with Crippen molar-refractivity contribution in [2.45, 2.75) is 12.5 Å². The van der Waals surface area contributed by atoms with Gasteiger partial charge >= 0.3 is 11.9 Å². The van der Waals surface area contributed by atoms with Gasteiger partial charge in [0.1, 0.15) is 6.04 Å². The van der Waals surface area contributed by atoms with Gasteiger partial charge in [-0.1, -0.05) is 6.58 Å². The molecule has 0 heterocycles. The van der Waals surface area contributed by atoms with E-state index in [0.29, 0.717) is 0 Å². The quantitative estimate of drug-likeness (QED) is 0.514. The fourth-order valence-electron chi connectivity index (χ4n) is 1.05. The molecule has 0 radical (unpaired) electrons. The van der Waals surface area contributed by atoms with Crippen LogP contribution in [0.2, 0.25) is 0 Å². The summed E-state index contributed by atoms with van der Waals surface area (Å²) in [5.41, 5.74) is 7.96. The van der Waals surface area contributed by atoms with Crippen molar-refractivity contribution in [1.82, 2.24) is 0 Å². The molecule has 84 valence electrons. The molecule has 0 bridgehead atoms. The van der Waals surface area contributed by atoms with Gasteiger partial charge in [0.2, 0.25) is 0 Å². The number of ether oxygens (including phenoxy) is 2. The van der Waals surface area contributed by atoms with Crippen LogP contribution in [0.15, 0.2) is 18.4 Å². The molecule has 5 nitrogen and oxygen atoms in total. The molecule has 15 heavy (non-hydrogen) atoms. The van der Waals surface area contributed by atoms with E-state index in [1.54, 1.807) is 0 Å². The van der Waals surface area contributed by atoms with Crippen LogP contribution in [-0.2, 0) is 19.1 Å². The van der Waals surface area contributed by atoms with Gasteiger partial charge in [-0.25, -0.2) is 0 Å². The standard InChI is InChI=1S/C10H15NO4/c1-4-5-7(9(12)14-2)6-8(11)10(13)15-3/h5,7-8H,1,6,11H2,2-3H3. The molecule has 0 saturated heterocycles. The molecule has 2 N–H and O–H groups in total. The van der Waals surface area contributed by atoms with E-state index in [1.165, 1.54) is 20.3 Å². The molecule has 0 saturated carbocycles. The lowest BCUT2D eigenvalue weighted by molar-refractivity contribution is -0.145. The van der Waals surface area contributed by atoms with Crippen molar-refractivity contribution in [2.75, 3.05) is 14.2 Å². The van der Waals surface area contributed by atoms with E-state index >= 15 is 0 Å². The second-order valence-corrected chi connectivity index (χ2v) is 2.87. The Labute approximate surface area is 88.5 Å².